The first kappa shape index (κ1) is 26.6. The number of hydrogen-bond donors (Lipinski definition) is 5. The molecule has 0 spiro atoms. The van der Waals surface area contributed by atoms with E-state index in [2.05, 4.69) is 88.9 Å². The van der Waals surface area contributed by atoms with Crippen molar-refractivity contribution >= 4 is 50.7 Å². The number of aromatic nitrogens is 2. The van der Waals surface area contributed by atoms with E-state index < -0.39 is 0 Å². The van der Waals surface area contributed by atoms with Gasteiger partial charge in [-0.05, 0) is 88.8 Å². The minimum absolute atomic E-state index is 0.176. The summed E-state index contributed by atoms with van der Waals surface area (Å²) in [5, 5.41) is 16.2. The molecule has 200 valence electrons. The van der Waals surface area contributed by atoms with Crippen molar-refractivity contribution in [3.63, 3.8) is 0 Å². The van der Waals surface area contributed by atoms with E-state index in [0.29, 0.717) is 33.4 Å². The number of amides is 1. The first-order chi connectivity index (χ1) is 19.1. The highest BCUT2D eigenvalue weighted by molar-refractivity contribution is 9.10. The van der Waals surface area contributed by atoms with Crippen LogP contribution in [-0.2, 0) is 6.54 Å². The fourth-order valence-corrected chi connectivity index (χ4v) is 4.94. The molecule has 1 fully saturated rings. The second-order valence-corrected chi connectivity index (χ2v) is 10.3. The van der Waals surface area contributed by atoms with E-state index in [1.165, 1.54) is 24.0 Å². The van der Waals surface area contributed by atoms with E-state index in [-0.39, 0.29) is 5.91 Å². The van der Waals surface area contributed by atoms with Gasteiger partial charge in [-0.3, -0.25) is 4.79 Å². The van der Waals surface area contributed by atoms with Crippen LogP contribution in [0.4, 0.5) is 28.8 Å². The first-order valence-corrected chi connectivity index (χ1v) is 13.9. The Kier molecular flexibility index (Phi) is 8.70. The number of anilines is 5. The van der Waals surface area contributed by atoms with Gasteiger partial charge >= 0.3 is 0 Å². The minimum atomic E-state index is -0.176. The lowest BCUT2D eigenvalue weighted by atomic mass is 9.91. The third-order valence-electron chi connectivity index (χ3n) is 6.76. The number of piperidine rings is 1. The third kappa shape index (κ3) is 6.93. The summed E-state index contributed by atoms with van der Waals surface area (Å²) >= 11 is 3.50. The van der Waals surface area contributed by atoms with Crippen LogP contribution < -0.4 is 26.6 Å². The largest absolute Gasteiger partial charge is 0.381 e. The minimum Gasteiger partial charge on any atom is -0.381 e. The molecule has 1 aliphatic rings. The van der Waals surface area contributed by atoms with Crippen LogP contribution in [0.1, 0.15) is 40.2 Å². The normalized spacial score (nSPS) is 14.9. The summed E-state index contributed by atoms with van der Waals surface area (Å²) in [6.45, 7) is 2.92. The van der Waals surface area contributed by atoms with Gasteiger partial charge in [0.2, 0.25) is 5.95 Å². The Morgan fingerprint density at radius 3 is 2.67 bits per heavy atom. The average molecular weight is 587 g/mol. The summed E-state index contributed by atoms with van der Waals surface area (Å²) in [6, 6.07) is 24.3. The summed E-state index contributed by atoms with van der Waals surface area (Å²) in [4.78, 5) is 21.2. The lowest BCUT2D eigenvalue weighted by Crippen LogP contribution is -2.28. The maximum absolute atomic E-state index is 12.2. The molecule has 39 heavy (non-hydrogen) atoms. The number of nitrogens with one attached hydrogen (secondary N) is 5. The van der Waals surface area contributed by atoms with Gasteiger partial charge in [-0.25, -0.2) is 4.98 Å². The van der Waals surface area contributed by atoms with Crippen LogP contribution in [0, 0.1) is 0 Å². The molecule has 1 unspecified atom stereocenters. The van der Waals surface area contributed by atoms with E-state index in [4.69, 9.17) is 0 Å². The van der Waals surface area contributed by atoms with Gasteiger partial charge in [-0.15, -0.1) is 0 Å². The number of halogens is 1. The third-order valence-corrected chi connectivity index (χ3v) is 7.34. The zero-order valence-corrected chi connectivity index (χ0v) is 23.4. The second-order valence-electron chi connectivity index (χ2n) is 9.48. The van der Waals surface area contributed by atoms with Gasteiger partial charge in [-0.2, -0.15) is 4.98 Å². The van der Waals surface area contributed by atoms with Crippen molar-refractivity contribution in [2.24, 2.45) is 0 Å². The number of rotatable bonds is 9. The molecule has 2 heterocycles. The van der Waals surface area contributed by atoms with Crippen molar-refractivity contribution in [3.8, 4) is 0 Å². The van der Waals surface area contributed by atoms with E-state index in [0.717, 1.165) is 31.0 Å². The van der Waals surface area contributed by atoms with E-state index in [9.17, 15) is 4.79 Å². The maximum atomic E-state index is 12.2. The van der Waals surface area contributed by atoms with Crippen molar-refractivity contribution in [1.29, 1.82) is 0 Å². The Balaban J connectivity index is 1.21. The predicted molar refractivity (Wildman–Crippen MR) is 161 cm³/mol. The van der Waals surface area contributed by atoms with Crippen LogP contribution >= 0.6 is 15.9 Å². The van der Waals surface area contributed by atoms with Crippen LogP contribution in [0.2, 0.25) is 0 Å². The maximum Gasteiger partial charge on any atom is 0.253 e. The van der Waals surface area contributed by atoms with Crippen molar-refractivity contribution < 1.29 is 4.79 Å². The van der Waals surface area contributed by atoms with Gasteiger partial charge in [0, 0.05) is 37.7 Å². The molecule has 0 bridgehead atoms. The Hall–Kier alpha value is -3.95. The summed E-state index contributed by atoms with van der Waals surface area (Å²) in [5.41, 5.74) is 5.77. The zero-order valence-electron chi connectivity index (χ0n) is 21.8. The molecular weight excluding hydrogens is 554 g/mol. The topological polar surface area (TPSA) is 103 Å². The average Bonchev–Trinajstić information content (AvgIpc) is 2.99. The van der Waals surface area contributed by atoms with Gasteiger partial charge in [0.15, 0.2) is 0 Å². The lowest BCUT2D eigenvalue weighted by molar-refractivity contribution is 0.0964. The monoisotopic (exact) mass is 585 g/mol. The quantitative estimate of drug-likeness (QED) is 0.160. The summed E-state index contributed by atoms with van der Waals surface area (Å²) in [7, 11) is 1.61. The van der Waals surface area contributed by atoms with Crippen LogP contribution in [-0.4, -0.2) is 36.0 Å². The molecule has 1 aromatic heterocycles. The highest BCUT2D eigenvalue weighted by atomic mass is 79.9. The van der Waals surface area contributed by atoms with Crippen molar-refractivity contribution in [1.82, 2.24) is 20.6 Å². The summed E-state index contributed by atoms with van der Waals surface area (Å²) in [6.07, 6.45) is 4.15. The molecule has 5 rings (SSSR count). The fraction of sp³-hybridized carbons (Fsp3) is 0.233. The number of carbonyl (C=O) groups is 1. The molecule has 5 N–H and O–H groups in total. The molecule has 0 radical (unpaired) electrons. The molecule has 0 saturated carbocycles. The SMILES string of the molecule is CNC(=O)c1ccccc1Nc1nc(Nc2ccc(CNc3cccc(C4CCCNC4)c3)cc2)ncc1Br. The number of nitrogens with zero attached hydrogens (tertiary/aromatic N) is 2. The molecular formula is C30H32BrN7O. The number of carbonyl (C=O) groups excluding carboxylic acids is 1. The fourth-order valence-electron chi connectivity index (χ4n) is 4.65. The van der Waals surface area contributed by atoms with Crippen LogP contribution in [0.3, 0.4) is 0 Å². The Labute approximate surface area is 237 Å². The molecule has 0 aliphatic carbocycles. The Bertz CT molecular complexity index is 1420. The smallest absolute Gasteiger partial charge is 0.253 e. The molecule has 8 nitrogen and oxygen atoms in total. The molecule has 1 amide bonds. The van der Waals surface area contributed by atoms with E-state index in [1.807, 2.05) is 30.3 Å². The Morgan fingerprint density at radius 2 is 1.87 bits per heavy atom. The van der Waals surface area contributed by atoms with Crippen LogP contribution in [0.25, 0.3) is 0 Å². The summed E-state index contributed by atoms with van der Waals surface area (Å²) in [5.74, 6) is 1.41. The van der Waals surface area contributed by atoms with E-state index in [1.54, 1.807) is 19.3 Å². The molecule has 1 atom stereocenters. The van der Waals surface area contributed by atoms with Gasteiger partial charge in [-0.1, -0.05) is 36.4 Å². The Morgan fingerprint density at radius 1 is 1.03 bits per heavy atom. The molecule has 3 aromatic carbocycles. The standard InChI is InChI=1S/C30H32BrN7O/c1-32-29(39)25-9-2-3-10-27(25)37-28-26(31)19-35-30(38-28)36-23-13-11-20(12-14-23)17-34-24-8-4-6-21(16-24)22-7-5-15-33-18-22/h2-4,6,8-14,16,19,22,33-34H,5,7,15,17-18H2,1H3,(H,32,39)(H2,35,36,37,38). The van der Waals surface area contributed by atoms with Crippen LogP contribution in [0.5, 0.6) is 0 Å². The predicted octanol–water partition coefficient (Wildman–Crippen LogP) is 6.17. The zero-order chi connectivity index (χ0) is 27.0. The van der Waals surface area contributed by atoms with Gasteiger partial charge < -0.3 is 26.6 Å². The second kappa shape index (κ2) is 12.7. The van der Waals surface area contributed by atoms with Crippen molar-refractivity contribution in [2.45, 2.75) is 25.3 Å². The molecule has 4 aromatic rings. The number of hydrogen-bond acceptors (Lipinski definition) is 7. The summed E-state index contributed by atoms with van der Waals surface area (Å²) < 4.78 is 0.685. The molecule has 1 saturated heterocycles. The highest BCUT2D eigenvalue weighted by Crippen LogP contribution is 2.28. The highest BCUT2D eigenvalue weighted by Gasteiger charge is 2.15. The number of para-hydroxylation sites is 1. The molecule has 9 heteroatoms. The van der Waals surface area contributed by atoms with Crippen molar-refractivity contribution in [3.05, 3.63) is 100 Å². The van der Waals surface area contributed by atoms with Gasteiger partial charge in [0.1, 0.15) is 5.82 Å². The molecule has 1 aliphatic heterocycles. The van der Waals surface area contributed by atoms with E-state index >= 15 is 0 Å². The van der Waals surface area contributed by atoms with Crippen LogP contribution in [0.15, 0.2) is 83.5 Å². The first-order valence-electron chi connectivity index (χ1n) is 13.1. The van der Waals surface area contributed by atoms with Gasteiger partial charge in [0.25, 0.3) is 5.91 Å². The van der Waals surface area contributed by atoms with Gasteiger partial charge in [0.05, 0.1) is 15.7 Å². The lowest BCUT2D eigenvalue weighted by Gasteiger charge is -2.23. The van der Waals surface area contributed by atoms with Crippen molar-refractivity contribution in [2.75, 3.05) is 36.1 Å². The number of benzene rings is 3.